The molecule has 0 aromatic heterocycles. The van der Waals surface area contributed by atoms with Crippen LogP contribution in [0.5, 0.6) is 0 Å². The van der Waals surface area contributed by atoms with Crippen molar-refractivity contribution >= 4 is 23.7 Å². The van der Waals surface area contributed by atoms with Crippen LogP contribution in [0, 0.1) is 5.92 Å². The highest BCUT2D eigenvalue weighted by Crippen LogP contribution is 2.18. The second-order valence-electron chi connectivity index (χ2n) is 4.48. The number of ether oxygens (including phenoxy) is 1. The van der Waals surface area contributed by atoms with Gasteiger partial charge in [0.15, 0.2) is 5.96 Å². The second-order valence-corrected chi connectivity index (χ2v) is 5.47. The minimum Gasteiger partial charge on any atom is -0.466 e. The van der Waals surface area contributed by atoms with Gasteiger partial charge in [0.1, 0.15) is 0 Å². The fourth-order valence-electron chi connectivity index (χ4n) is 2.18. The van der Waals surface area contributed by atoms with E-state index >= 15 is 0 Å². The Balaban J connectivity index is 2.37. The molecule has 0 bridgehead atoms. The standard InChI is InChI=1S/C13H25N3O2S/c1-4-18-12(17)11-5-8-16(9-6-11)13(14-2)15-7-10-19-3/h11H,4-10H2,1-3H3,(H,14,15). The van der Waals surface area contributed by atoms with Gasteiger partial charge in [0, 0.05) is 32.4 Å². The Kier molecular flexibility index (Phi) is 7.70. The van der Waals surface area contributed by atoms with E-state index in [0.29, 0.717) is 6.61 Å². The lowest BCUT2D eigenvalue weighted by atomic mass is 9.97. The van der Waals surface area contributed by atoms with E-state index in [4.69, 9.17) is 4.74 Å². The number of hydrogen-bond acceptors (Lipinski definition) is 4. The van der Waals surface area contributed by atoms with Gasteiger partial charge in [0.2, 0.25) is 0 Å². The monoisotopic (exact) mass is 287 g/mol. The number of nitrogens with zero attached hydrogens (tertiary/aromatic N) is 2. The number of esters is 1. The number of thioether (sulfide) groups is 1. The Bertz CT molecular complexity index is 302. The number of rotatable bonds is 5. The second kappa shape index (κ2) is 9.07. The molecule has 0 aromatic carbocycles. The van der Waals surface area contributed by atoms with Gasteiger partial charge in [-0.1, -0.05) is 0 Å². The molecule has 110 valence electrons. The van der Waals surface area contributed by atoms with Crippen LogP contribution in [-0.2, 0) is 9.53 Å². The fraction of sp³-hybridized carbons (Fsp3) is 0.846. The number of likely N-dealkylation sites (tertiary alicyclic amines) is 1. The summed E-state index contributed by atoms with van der Waals surface area (Å²) in [7, 11) is 1.80. The van der Waals surface area contributed by atoms with Crippen LogP contribution in [0.25, 0.3) is 0 Å². The molecule has 1 fully saturated rings. The molecule has 0 aromatic rings. The van der Waals surface area contributed by atoms with Crippen molar-refractivity contribution in [3.05, 3.63) is 0 Å². The van der Waals surface area contributed by atoms with Gasteiger partial charge < -0.3 is 15.0 Å². The van der Waals surface area contributed by atoms with Crippen LogP contribution >= 0.6 is 11.8 Å². The van der Waals surface area contributed by atoms with Crippen molar-refractivity contribution in [3.8, 4) is 0 Å². The zero-order valence-corrected chi connectivity index (χ0v) is 13.0. The first kappa shape index (κ1) is 16.1. The maximum absolute atomic E-state index is 11.7. The Morgan fingerprint density at radius 1 is 1.47 bits per heavy atom. The topological polar surface area (TPSA) is 53.9 Å². The third-order valence-corrected chi connectivity index (χ3v) is 3.83. The summed E-state index contributed by atoms with van der Waals surface area (Å²) in [6.45, 7) is 4.97. The number of carbonyl (C=O) groups excluding carboxylic acids is 1. The average Bonchev–Trinajstić information content (AvgIpc) is 2.44. The molecule has 19 heavy (non-hydrogen) atoms. The first-order valence-corrected chi connectivity index (χ1v) is 8.23. The molecule has 1 saturated heterocycles. The normalized spacial score (nSPS) is 17.4. The van der Waals surface area contributed by atoms with Crippen LogP contribution in [0.1, 0.15) is 19.8 Å². The number of guanidine groups is 1. The predicted molar refractivity (Wildman–Crippen MR) is 80.7 cm³/mol. The van der Waals surface area contributed by atoms with Crippen LogP contribution in [0.2, 0.25) is 0 Å². The number of aliphatic imine (C=N–C) groups is 1. The highest BCUT2D eigenvalue weighted by Gasteiger charge is 2.27. The molecular weight excluding hydrogens is 262 g/mol. The zero-order chi connectivity index (χ0) is 14.1. The van der Waals surface area contributed by atoms with Crippen LogP contribution in [0.3, 0.4) is 0 Å². The summed E-state index contributed by atoms with van der Waals surface area (Å²) < 4.78 is 5.08. The van der Waals surface area contributed by atoms with E-state index in [1.165, 1.54) is 0 Å². The van der Waals surface area contributed by atoms with E-state index in [9.17, 15) is 4.79 Å². The number of nitrogens with one attached hydrogen (secondary N) is 1. The Hall–Kier alpha value is -0.910. The summed E-state index contributed by atoms with van der Waals surface area (Å²) >= 11 is 1.81. The molecule has 0 saturated carbocycles. The first-order chi connectivity index (χ1) is 9.22. The molecule has 1 aliphatic rings. The van der Waals surface area contributed by atoms with E-state index in [1.807, 2.05) is 18.7 Å². The number of hydrogen-bond donors (Lipinski definition) is 1. The number of piperidine rings is 1. The SMILES string of the molecule is CCOC(=O)C1CCN(C(=NC)NCCSC)CC1. The highest BCUT2D eigenvalue weighted by atomic mass is 32.2. The molecule has 5 nitrogen and oxygen atoms in total. The Morgan fingerprint density at radius 2 is 2.16 bits per heavy atom. The molecule has 1 rings (SSSR count). The minimum atomic E-state index is -0.0486. The van der Waals surface area contributed by atoms with E-state index in [-0.39, 0.29) is 11.9 Å². The molecule has 1 aliphatic heterocycles. The lowest BCUT2D eigenvalue weighted by Crippen LogP contribution is -2.47. The highest BCUT2D eigenvalue weighted by molar-refractivity contribution is 7.98. The summed E-state index contributed by atoms with van der Waals surface area (Å²) in [5.74, 6) is 2.02. The molecular formula is C13H25N3O2S. The third-order valence-electron chi connectivity index (χ3n) is 3.22. The first-order valence-electron chi connectivity index (χ1n) is 6.84. The summed E-state index contributed by atoms with van der Waals surface area (Å²) in [6, 6.07) is 0. The molecule has 1 heterocycles. The van der Waals surface area contributed by atoms with Crippen LogP contribution < -0.4 is 5.32 Å². The van der Waals surface area contributed by atoms with Crippen LogP contribution in [0.15, 0.2) is 4.99 Å². The molecule has 0 aliphatic carbocycles. The molecule has 1 N–H and O–H groups in total. The predicted octanol–water partition coefficient (Wildman–Crippen LogP) is 1.20. The quantitative estimate of drug-likeness (QED) is 0.356. The van der Waals surface area contributed by atoms with Crippen molar-refractivity contribution in [2.45, 2.75) is 19.8 Å². The van der Waals surface area contributed by atoms with E-state index < -0.39 is 0 Å². The van der Waals surface area contributed by atoms with Crippen molar-refractivity contribution in [2.24, 2.45) is 10.9 Å². The Morgan fingerprint density at radius 3 is 2.68 bits per heavy atom. The van der Waals surface area contributed by atoms with Crippen molar-refractivity contribution in [1.29, 1.82) is 0 Å². The Labute approximate surface area is 120 Å². The summed E-state index contributed by atoms with van der Waals surface area (Å²) in [6.07, 6.45) is 3.79. The lowest BCUT2D eigenvalue weighted by molar-refractivity contribution is -0.149. The summed E-state index contributed by atoms with van der Waals surface area (Å²) in [5.41, 5.74) is 0. The van der Waals surface area contributed by atoms with E-state index in [0.717, 1.165) is 44.2 Å². The van der Waals surface area contributed by atoms with Gasteiger partial charge >= 0.3 is 5.97 Å². The molecule has 0 spiro atoms. The smallest absolute Gasteiger partial charge is 0.309 e. The molecule has 0 radical (unpaired) electrons. The molecule has 6 heteroatoms. The van der Waals surface area contributed by atoms with Crippen molar-refractivity contribution < 1.29 is 9.53 Å². The van der Waals surface area contributed by atoms with Gasteiger partial charge in [-0.3, -0.25) is 9.79 Å². The molecule has 0 amide bonds. The zero-order valence-electron chi connectivity index (χ0n) is 12.1. The molecule has 0 unspecified atom stereocenters. The van der Waals surface area contributed by atoms with Crippen molar-refractivity contribution in [3.63, 3.8) is 0 Å². The van der Waals surface area contributed by atoms with Crippen molar-refractivity contribution in [2.75, 3.05) is 45.3 Å². The van der Waals surface area contributed by atoms with E-state index in [1.54, 1.807) is 7.05 Å². The van der Waals surface area contributed by atoms with Crippen LogP contribution in [0.4, 0.5) is 0 Å². The largest absolute Gasteiger partial charge is 0.466 e. The summed E-state index contributed by atoms with van der Waals surface area (Å²) in [4.78, 5) is 18.2. The van der Waals surface area contributed by atoms with Gasteiger partial charge in [-0.2, -0.15) is 11.8 Å². The van der Waals surface area contributed by atoms with E-state index in [2.05, 4.69) is 21.5 Å². The van der Waals surface area contributed by atoms with Gasteiger partial charge in [-0.05, 0) is 26.0 Å². The van der Waals surface area contributed by atoms with Gasteiger partial charge in [-0.15, -0.1) is 0 Å². The summed E-state index contributed by atoms with van der Waals surface area (Å²) in [5, 5.41) is 3.35. The third kappa shape index (κ3) is 5.30. The molecule has 0 atom stereocenters. The van der Waals surface area contributed by atoms with Crippen LogP contribution in [-0.4, -0.2) is 62.1 Å². The maximum Gasteiger partial charge on any atom is 0.309 e. The minimum absolute atomic E-state index is 0.0486. The van der Waals surface area contributed by atoms with Crippen molar-refractivity contribution in [1.82, 2.24) is 10.2 Å². The maximum atomic E-state index is 11.7. The van der Waals surface area contributed by atoms with Gasteiger partial charge in [0.25, 0.3) is 0 Å². The average molecular weight is 287 g/mol. The van der Waals surface area contributed by atoms with Gasteiger partial charge in [-0.25, -0.2) is 0 Å². The lowest BCUT2D eigenvalue weighted by Gasteiger charge is -2.33. The number of carbonyl (C=O) groups is 1. The fourth-order valence-corrected chi connectivity index (χ4v) is 2.49. The van der Waals surface area contributed by atoms with Gasteiger partial charge in [0.05, 0.1) is 12.5 Å².